The van der Waals surface area contributed by atoms with Crippen molar-refractivity contribution in [1.29, 1.82) is 0 Å². The molecule has 0 bridgehead atoms. The number of hydrogen-bond donors (Lipinski definition) is 5. The molecule has 18 atom stereocenters. The number of likely N-dealkylation sites (N-methyl/N-ethyl adjacent to an activating group) is 2. The van der Waals surface area contributed by atoms with Gasteiger partial charge in [-0.2, -0.15) is 0 Å². The molecule has 0 radical (unpaired) electrons. The molecule has 0 saturated carbocycles. The van der Waals surface area contributed by atoms with Gasteiger partial charge in [0, 0.05) is 63.3 Å². The highest BCUT2D eigenvalue weighted by Gasteiger charge is 2.53. The number of carbonyl (C=O) groups excluding carboxylic acids is 1. The van der Waals surface area contributed by atoms with Crippen LogP contribution in [0.15, 0.2) is 24.4 Å². The van der Waals surface area contributed by atoms with Crippen molar-refractivity contribution >= 4 is 5.97 Å². The summed E-state index contributed by atoms with van der Waals surface area (Å²) in [6.07, 6.45) is -7.25. The van der Waals surface area contributed by atoms with E-state index in [4.69, 9.17) is 28.4 Å². The maximum atomic E-state index is 14.4. The second-order valence-electron chi connectivity index (χ2n) is 20.6. The van der Waals surface area contributed by atoms with Crippen LogP contribution in [0.25, 0.3) is 0 Å². The summed E-state index contributed by atoms with van der Waals surface area (Å²) in [5.41, 5.74) is -3.54. The van der Waals surface area contributed by atoms with Gasteiger partial charge in [-0.3, -0.25) is 4.79 Å². The number of aliphatic hydroxyl groups excluding tert-OH is 3. The minimum Gasteiger partial charge on any atom is -0.459 e. The van der Waals surface area contributed by atoms with Gasteiger partial charge in [0.1, 0.15) is 41.7 Å². The number of rotatable bonds is 12. The number of nitrogens with zero attached hydrogens (tertiary/aromatic N) is 5. The number of carbonyl (C=O) groups is 1. The van der Waals surface area contributed by atoms with Crippen molar-refractivity contribution in [2.75, 3.05) is 34.3 Å². The average Bonchev–Trinajstić information content (AvgIpc) is 3.70. The second-order valence-corrected chi connectivity index (χ2v) is 20.6. The minimum absolute atomic E-state index is 0.0843. The van der Waals surface area contributed by atoms with E-state index in [1.165, 1.54) is 30.8 Å². The summed E-state index contributed by atoms with van der Waals surface area (Å²) in [4.78, 5) is 18.3. The van der Waals surface area contributed by atoms with E-state index in [1.54, 1.807) is 54.7 Å². The van der Waals surface area contributed by atoms with Crippen LogP contribution in [0.2, 0.25) is 0 Å². The van der Waals surface area contributed by atoms with Gasteiger partial charge < -0.3 is 63.8 Å². The molecular weight excluding hydrogens is 877 g/mol. The molecule has 17 nitrogen and oxygen atoms in total. The topological polar surface area (TPSA) is 211 Å². The van der Waals surface area contributed by atoms with Crippen molar-refractivity contribution in [3.05, 3.63) is 47.3 Å². The number of aliphatic hydroxyl groups is 5. The average molecular weight is 956 g/mol. The maximum absolute atomic E-state index is 14.4. The lowest BCUT2D eigenvalue weighted by molar-refractivity contribution is -0.318. The smallest absolute Gasteiger partial charge is 0.311 e. The number of cyclic esters (lactones) is 1. The predicted molar refractivity (Wildman–Crippen MR) is 242 cm³/mol. The van der Waals surface area contributed by atoms with Gasteiger partial charge >= 0.3 is 5.97 Å². The van der Waals surface area contributed by atoms with Crippen molar-refractivity contribution in [2.24, 2.45) is 17.8 Å². The summed E-state index contributed by atoms with van der Waals surface area (Å²) in [5.74, 6) is -4.22. The number of halogens is 2. The van der Waals surface area contributed by atoms with E-state index < -0.39 is 120 Å². The Balaban J connectivity index is 1.46. The fraction of sp³-hybridized carbons (Fsp3) is 0.812. The van der Waals surface area contributed by atoms with E-state index in [0.717, 1.165) is 6.07 Å². The lowest BCUT2D eigenvalue weighted by Gasteiger charge is -2.49. The molecule has 3 fully saturated rings. The molecule has 382 valence electrons. The van der Waals surface area contributed by atoms with Crippen molar-refractivity contribution in [1.82, 2.24) is 24.8 Å². The van der Waals surface area contributed by atoms with Gasteiger partial charge in [-0.1, -0.05) is 26.0 Å². The lowest BCUT2D eigenvalue weighted by atomic mass is 9.77. The number of aromatic nitrogens is 3. The van der Waals surface area contributed by atoms with Crippen LogP contribution >= 0.6 is 0 Å². The summed E-state index contributed by atoms with van der Waals surface area (Å²) in [5, 5.41) is 67.8. The fourth-order valence-corrected chi connectivity index (χ4v) is 10.5. The highest BCUT2D eigenvalue weighted by atomic mass is 19.1. The van der Waals surface area contributed by atoms with Gasteiger partial charge in [0.25, 0.3) is 0 Å². The van der Waals surface area contributed by atoms with Gasteiger partial charge in [0.2, 0.25) is 0 Å². The van der Waals surface area contributed by atoms with E-state index in [0.29, 0.717) is 37.2 Å². The van der Waals surface area contributed by atoms with Crippen molar-refractivity contribution in [3.8, 4) is 0 Å². The zero-order chi connectivity index (χ0) is 49.9. The van der Waals surface area contributed by atoms with Crippen LogP contribution < -0.4 is 0 Å². The summed E-state index contributed by atoms with van der Waals surface area (Å²) >= 11 is 0. The molecule has 1 aromatic carbocycles. The largest absolute Gasteiger partial charge is 0.459 e. The molecule has 1 aromatic heterocycles. The SMILES string of the molecule is CC[C@H]1OC(=O)[C@H](C)[C@@H](O[C@H]2C[C@@](C)(OC)[C@@H](O)[C@H](C)O2)[C@H](C)[C@@H](O[C@@H]2O[C@H](C)C[C@H](N(C)CCc3cn(Cc4cc(F)cc(F)c4)nn3)[C@H]2O)[C@](C)(O)C[C@@H](C)CN(C)[C@H](C)[C@@H](O)[C@]1(C)O. The molecule has 67 heavy (non-hydrogen) atoms. The fourth-order valence-electron chi connectivity index (χ4n) is 10.5. The van der Waals surface area contributed by atoms with Gasteiger partial charge in [-0.25, -0.2) is 13.5 Å². The molecule has 0 aliphatic carbocycles. The molecule has 0 spiro atoms. The Morgan fingerprint density at radius 3 is 2.24 bits per heavy atom. The van der Waals surface area contributed by atoms with Crippen LogP contribution in [0, 0.1) is 29.4 Å². The molecule has 3 aliphatic heterocycles. The summed E-state index contributed by atoms with van der Waals surface area (Å²) in [6, 6.07) is 2.23. The molecule has 3 aliphatic rings. The third-order valence-corrected chi connectivity index (χ3v) is 14.7. The van der Waals surface area contributed by atoms with Crippen LogP contribution in [0.4, 0.5) is 8.78 Å². The van der Waals surface area contributed by atoms with Gasteiger partial charge in [0.05, 0.1) is 53.8 Å². The first kappa shape index (κ1) is 55.1. The molecule has 19 heteroatoms. The number of esters is 1. The van der Waals surface area contributed by atoms with E-state index in [2.05, 4.69) is 10.3 Å². The highest BCUT2D eigenvalue weighted by Crippen LogP contribution is 2.40. The van der Waals surface area contributed by atoms with Crippen molar-refractivity contribution in [2.45, 2.75) is 198 Å². The van der Waals surface area contributed by atoms with Gasteiger partial charge in [0.15, 0.2) is 12.6 Å². The zero-order valence-electron chi connectivity index (χ0n) is 41.7. The number of benzene rings is 1. The first-order chi connectivity index (χ1) is 31.2. The van der Waals surface area contributed by atoms with E-state index in [-0.39, 0.29) is 31.7 Å². The van der Waals surface area contributed by atoms with E-state index in [9.17, 15) is 39.1 Å². The van der Waals surface area contributed by atoms with Crippen LogP contribution in [0.5, 0.6) is 0 Å². The summed E-state index contributed by atoms with van der Waals surface area (Å²) < 4.78 is 67.2. The number of methoxy groups -OCH3 is 1. The molecule has 4 heterocycles. The monoisotopic (exact) mass is 956 g/mol. The molecule has 0 amide bonds. The zero-order valence-corrected chi connectivity index (χ0v) is 41.7. The third-order valence-electron chi connectivity index (χ3n) is 14.7. The Labute approximate surface area is 395 Å². The Kier molecular flexibility index (Phi) is 18.5. The summed E-state index contributed by atoms with van der Waals surface area (Å²) in [7, 11) is 5.18. The molecule has 3 saturated heterocycles. The van der Waals surface area contributed by atoms with E-state index >= 15 is 0 Å². The Morgan fingerprint density at radius 1 is 0.955 bits per heavy atom. The Hall–Kier alpha value is -2.79. The first-order valence-electron chi connectivity index (χ1n) is 23.8. The van der Waals surface area contributed by atoms with Gasteiger partial charge in [-0.15, -0.1) is 5.10 Å². The normalized spacial score (nSPS) is 41.1. The Bertz CT molecular complexity index is 1890. The van der Waals surface area contributed by atoms with Crippen LogP contribution in [-0.4, -0.2) is 181 Å². The standard InChI is InChI=1S/C48H79F2N5O12/c1-14-37-48(10,61)41(57)30(6)54(12)23-26(2)21-46(8,60)43(28(4)40(29(5)44(59)65-37)66-38-22-47(9,62-13)42(58)31(7)64-38)67-45-39(56)36(17-27(3)63-45)53(11)16-15-35-25-55(52-51-35)24-32-18-33(49)20-34(50)19-32/h18-20,25-31,36-43,45,56-58,60-61H,14-17,21-24H2,1-13H3/t26-,27-,28+,29-,30-,31+,36+,37-,38+,39-,40+,41-,42+,43-,45+,46-,47-,48-/m1/s1. The molecular formula is C48H79F2N5O12. The lowest BCUT2D eigenvalue weighted by Crippen LogP contribution is -2.61. The van der Waals surface area contributed by atoms with Crippen molar-refractivity contribution < 1.29 is 67.5 Å². The molecule has 5 N–H and O–H groups in total. The second kappa shape index (κ2) is 22.5. The van der Waals surface area contributed by atoms with Gasteiger partial charge in [-0.05, 0) is 105 Å². The van der Waals surface area contributed by atoms with E-state index in [1.807, 2.05) is 37.7 Å². The molecule has 5 rings (SSSR count). The summed E-state index contributed by atoms with van der Waals surface area (Å²) in [6.45, 7) is 18.3. The Morgan fingerprint density at radius 2 is 1.61 bits per heavy atom. The molecule has 2 aromatic rings. The van der Waals surface area contributed by atoms with Crippen LogP contribution in [0.1, 0.15) is 106 Å². The maximum Gasteiger partial charge on any atom is 0.311 e. The van der Waals surface area contributed by atoms with Crippen LogP contribution in [0.3, 0.4) is 0 Å². The third kappa shape index (κ3) is 13.1. The van der Waals surface area contributed by atoms with Crippen molar-refractivity contribution in [3.63, 3.8) is 0 Å². The first-order valence-corrected chi connectivity index (χ1v) is 23.8. The molecule has 0 unspecified atom stereocenters. The van der Waals surface area contributed by atoms with Crippen LogP contribution in [-0.2, 0) is 46.2 Å². The predicted octanol–water partition coefficient (Wildman–Crippen LogP) is 3.43. The quantitative estimate of drug-likeness (QED) is 0.193. The number of hydrogen-bond acceptors (Lipinski definition) is 16. The highest BCUT2D eigenvalue weighted by molar-refractivity contribution is 5.73. The minimum atomic E-state index is -1.85. The number of ether oxygens (including phenoxy) is 6.